The number of aryl methyl sites for hydroxylation is 4. The van der Waals surface area contributed by atoms with Gasteiger partial charge in [0, 0.05) is 5.69 Å². The number of amides is 3. The third-order valence-corrected chi connectivity index (χ3v) is 6.18. The van der Waals surface area contributed by atoms with E-state index in [-0.39, 0.29) is 23.2 Å². The average Bonchev–Trinajstić information content (AvgIpc) is 2.82. The topological polar surface area (TPSA) is 87.7 Å². The van der Waals surface area contributed by atoms with Gasteiger partial charge in [-0.2, -0.15) is 0 Å². The van der Waals surface area contributed by atoms with E-state index in [0.29, 0.717) is 22.7 Å². The molecule has 0 aliphatic carbocycles. The monoisotopic (exact) mass is 513 g/mol. The number of thiocarbonyl (C=S) groups is 1. The fourth-order valence-corrected chi connectivity index (χ4v) is 4.28. The normalized spacial score (nSPS) is 14.5. The lowest BCUT2D eigenvalue weighted by Gasteiger charge is -2.29. The van der Waals surface area contributed by atoms with Crippen LogP contribution in [0.4, 0.5) is 11.4 Å². The second-order valence-electron chi connectivity index (χ2n) is 9.01. The Labute approximate surface area is 221 Å². The molecule has 0 radical (unpaired) electrons. The van der Waals surface area contributed by atoms with E-state index in [2.05, 4.69) is 10.6 Å². The molecule has 1 fully saturated rings. The highest BCUT2D eigenvalue weighted by Gasteiger charge is 2.34. The molecule has 0 aromatic heterocycles. The van der Waals surface area contributed by atoms with Gasteiger partial charge in [0.05, 0.1) is 5.69 Å². The molecule has 37 heavy (non-hydrogen) atoms. The van der Waals surface area contributed by atoms with Crippen LogP contribution in [-0.2, 0) is 14.4 Å². The van der Waals surface area contributed by atoms with E-state index in [0.717, 1.165) is 22.3 Å². The molecule has 0 saturated carbocycles. The van der Waals surface area contributed by atoms with Gasteiger partial charge in [0.25, 0.3) is 17.7 Å². The van der Waals surface area contributed by atoms with Crippen molar-refractivity contribution in [3.8, 4) is 5.75 Å². The summed E-state index contributed by atoms with van der Waals surface area (Å²) in [7, 11) is 0. The first-order chi connectivity index (χ1) is 17.6. The standard InChI is InChI=1S/C29H27N3O4S/c1-17-10-18(2)12-23(11-17)32-28(35)25(27(34)31-29(32)37)15-21-6-5-7-24(14-21)36-16-26(33)30-22-9-8-19(3)20(4)13-22/h5-15H,16H2,1-4H3,(H,30,33)(H,31,34,37)/b25-15+. The Kier molecular flexibility index (Phi) is 7.50. The minimum absolute atomic E-state index is 0.0315. The van der Waals surface area contributed by atoms with Gasteiger partial charge >= 0.3 is 0 Å². The van der Waals surface area contributed by atoms with Crippen molar-refractivity contribution in [3.63, 3.8) is 0 Å². The summed E-state index contributed by atoms with van der Waals surface area (Å²) in [5, 5.41) is 5.44. The van der Waals surface area contributed by atoms with Gasteiger partial charge in [-0.3, -0.25) is 24.6 Å². The van der Waals surface area contributed by atoms with E-state index in [4.69, 9.17) is 17.0 Å². The number of anilines is 2. The summed E-state index contributed by atoms with van der Waals surface area (Å²) in [6, 6.07) is 18.2. The fraction of sp³-hybridized carbons (Fsp3) is 0.172. The number of hydrogen-bond donors (Lipinski definition) is 2. The maximum atomic E-state index is 13.3. The second-order valence-corrected chi connectivity index (χ2v) is 9.40. The van der Waals surface area contributed by atoms with Crippen molar-refractivity contribution in [2.75, 3.05) is 16.8 Å². The van der Waals surface area contributed by atoms with Crippen LogP contribution in [0.3, 0.4) is 0 Å². The number of ether oxygens (including phenoxy) is 1. The van der Waals surface area contributed by atoms with E-state index in [9.17, 15) is 14.4 Å². The van der Waals surface area contributed by atoms with Crippen molar-refractivity contribution in [2.24, 2.45) is 0 Å². The summed E-state index contributed by atoms with van der Waals surface area (Å²) < 4.78 is 5.65. The summed E-state index contributed by atoms with van der Waals surface area (Å²) in [4.78, 5) is 39.6. The minimum Gasteiger partial charge on any atom is -0.484 e. The van der Waals surface area contributed by atoms with Crippen LogP contribution in [0.15, 0.2) is 66.2 Å². The molecule has 0 spiro atoms. The molecule has 4 rings (SSSR count). The predicted molar refractivity (Wildman–Crippen MR) is 149 cm³/mol. The van der Waals surface area contributed by atoms with Crippen molar-refractivity contribution in [1.29, 1.82) is 0 Å². The minimum atomic E-state index is -0.574. The van der Waals surface area contributed by atoms with Gasteiger partial charge in [-0.15, -0.1) is 0 Å². The van der Waals surface area contributed by atoms with E-state index < -0.39 is 11.8 Å². The highest BCUT2D eigenvalue weighted by molar-refractivity contribution is 7.80. The molecule has 1 aliphatic rings. The van der Waals surface area contributed by atoms with Gasteiger partial charge in [0.15, 0.2) is 11.7 Å². The number of carbonyl (C=O) groups is 3. The number of carbonyl (C=O) groups excluding carboxylic acids is 3. The molecule has 3 amide bonds. The molecule has 1 aliphatic heterocycles. The Morgan fingerprint density at radius 1 is 0.973 bits per heavy atom. The van der Waals surface area contributed by atoms with Crippen LogP contribution < -0.4 is 20.3 Å². The lowest BCUT2D eigenvalue weighted by atomic mass is 10.1. The zero-order valence-electron chi connectivity index (χ0n) is 21.0. The number of nitrogens with zero attached hydrogens (tertiary/aromatic N) is 1. The summed E-state index contributed by atoms with van der Waals surface area (Å²) >= 11 is 5.30. The van der Waals surface area contributed by atoms with Gasteiger partial charge in [0.1, 0.15) is 11.3 Å². The summed E-state index contributed by atoms with van der Waals surface area (Å²) in [5.74, 6) is -0.964. The highest BCUT2D eigenvalue weighted by Crippen LogP contribution is 2.25. The summed E-state index contributed by atoms with van der Waals surface area (Å²) in [5.41, 5.74) is 5.96. The fourth-order valence-electron chi connectivity index (χ4n) is 4.00. The molecular weight excluding hydrogens is 486 g/mol. The van der Waals surface area contributed by atoms with Crippen LogP contribution in [0.1, 0.15) is 27.8 Å². The van der Waals surface area contributed by atoms with Crippen molar-refractivity contribution in [3.05, 3.63) is 94.1 Å². The van der Waals surface area contributed by atoms with Crippen LogP contribution in [0.25, 0.3) is 6.08 Å². The molecule has 3 aromatic carbocycles. The van der Waals surface area contributed by atoms with Crippen molar-refractivity contribution in [1.82, 2.24) is 5.32 Å². The van der Waals surface area contributed by atoms with Crippen molar-refractivity contribution >= 4 is 52.5 Å². The SMILES string of the molecule is Cc1cc(C)cc(N2C(=O)/C(=C/c3cccc(OCC(=O)Nc4ccc(C)c(C)c4)c3)C(=O)NC2=S)c1. The van der Waals surface area contributed by atoms with Gasteiger partial charge in [-0.05, 0) is 110 Å². The predicted octanol–water partition coefficient (Wildman–Crippen LogP) is 4.77. The first-order valence-corrected chi connectivity index (χ1v) is 12.1. The average molecular weight is 514 g/mol. The largest absolute Gasteiger partial charge is 0.484 e. The Bertz CT molecular complexity index is 1440. The summed E-state index contributed by atoms with van der Waals surface area (Å²) in [6.07, 6.45) is 1.48. The van der Waals surface area contributed by atoms with E-state index in [1.54, 1.807) is 24.3 Å². The molecule has 0 atom stereocenters. The van der Waals surface area contributed by atoms with Crippen LogP contribution in [0.2, 0.25) is 0 Å². The molecule has 188 valence electrons. The smallest absolute Gasteiger partial charge is 0.270 e. The van der Waals surface area contributed by atoms with E-state index >= 15 is 0 Å². The van der Waals surface area contributed by atoms with Crippen LogP contribution in [-0.4, -0.2) is 29.4 Å². The molecule has 7 nitrogen and oxygen atoms in total. The maximum absolute atomic E-state index is 13.3. The third-order valence-electron chi connectivity index (χ3n) is 5.90. The van der Waals surface area contributed by atoms with E-state index in [1.165, 1.54) is 11.0 Å². The molecule has 1 heterocycles. The Hall–Kier alpha value is -4.30. The molecule has 1 saturated heterocycles. The quantitative estimate of drug-likeness (QED) is 0.282. The highest BCUT2D eigenvalue weighted by atomic mass is 32.1. The summed E-state index contributed by atoms with van der Waals surface area (Å²) in [6.45, 7) is 7.65. The first-order valence-electron chi connectivity index (χ1n) is 11.7. The number of benzene rings is 3. The van der Waals surface area contributed by atoms with Gasteiger partial charge in [-0.1, -0.05) is 24.3 Å². The number of hydrogen-bond acceptors (Lipinski definition) is 5. The lowest BCUT2D eigenvalue weighted by molar-refractivity contribution is -0.122. The molecule has 2 N–H and O–H groups in total. The van der Waals surface area contributed by atoms with Crippen LogP contribution >= 0.6 is 12.2 Å². The Morgan fingerprint density at radius 2 is 1.70 bits per heavy atom. The van der Waals surface area contributed by atoms with Gasteiger partial charge in [-0.25, -0.2) is 0 Å². The van der Waals surface area contributed by atoms with E-state index in [1.807, 2.05) is 64.1 Å². The van der Waals surface area contributed by atoms with Crippen LogP contribution in [0.5, 0.6) is 5.75 Å². The third kappa shape index (κ3) is 6.10. The van der Waals surface area contributed by atoms with Gasteiger partial charge < -0.3 is 10.1 Å². The maximum Gasteiger partial charge on any atom is 0.270 e. The molecule has 0 unspecified atom stereocenters. The Balaban J connectivity index is 1.49. The zero-order valence-corrected chi connectivity index (χ0v) is 21.9. The lowest BCUT2D eigenvalue weighted by Crippen LogP contribution is -2.54. The first kappa shape index (κ1) is 25.8. The number of rotatable bonds is 6. The molecule has 8 heteroatoms. The van der Waals surface area contributed by atoms with Crippen LogP contribution in [0, 0.1) is 27.7 Å². The number of nitrogens with one attached hydrogen (secondary N) is 2. The van der Waals surface area contributed by atoms with Crippen molar-refractivity contribution < 1.29 is 19.1 Å². The second kappa shape index (κ2) is 10.8. The molecule has 3 aromatic rings. The molecule has 0 bridgehead atoms. The zero-order chi connectivity index (χ0) is 26.7. The Morgan fingerprint density at radius 3 is 2.41 bits per heavy atom. The van der Waals surface area contributed by atoms with Crippen molar-refractivity contribution in [2.45, 2.75) is 27.7 Å². The molecular formula is C29H27N3O4S. The van der Waals surface area contributed by atoms with Gasteiger partial charge in [0.2, 0.25) is 0 Å².